The van der Waals surface area contributed by atoms with Crippen molar-refractivity contribution in [3.05, 3.63) is 88.4 Å². The maximum absolute atomic E-state index is 12.3. The number of thiocarbonyl (C=S) groups is 1. The maximum Gasteiger partial charge on any atom is 0.343 e. The van der Waals surface area contributed by atoms with Crippen molar-refractivity contribution >= 4 is 51.1 Å². The Hall–Kier alpha value is -3.23. The van der Waals surface area contributed by atoms with E-state index in [1.165, 1.54) is 6.21 Å². The van der Waals surface area contributed by atoms with Crippen molar-refractivity contribution in [1.29, 1.82) is 0 Å². The molecule has 0 saturated carbocycles. The van der Waals surface area contributed by atoms with Crippen LogP contribution in [0.2, 0.25) is 0 Å². The third-order valence-corrected chi connectivity index (χ3v) is 4.59. The van der Waals surface area contributed by atoms with E-state index in [-0.39, 0.29) is 0 Å². The summed E-state index contributed by atoms with van der Waals surface area (Å²) in [6.07, 6.45) is 1.53. The first kappa shape index (κ1) is 21.5. The predicted molar refractivity (Wildman–Crippen MR) is 125 cm³/mol. The Kier molecular flexibility index (Phi) is 7.53. The summed E-state index contributed by atoms with van der Waals surface area (Å²) in [5.74, 6) is 0.688. The number of anilines is 1. The second kappa shape index (κ2) is 10.5. The van der Waals surface area contributed by atoms with Gasteiger partial charge in [-0.25, -0.2) is 4.79 Å². The number of carbonyl (C=O) groups excluding carboxylic acids is 1. The molecule has 0 saturated heterocycles. The zero-order valence-electron chi connectivity index (χ0n) is 16.0. The van der Waals surface area contributed by atoms with E-state index in [1.807, 2.05) is 30.3 Å². The normalized spacial score (nSPS) is 10.5. The number of hydrazone groups is 1. The molecule has 0 aliphatic carbocycles. The quantitative estimate of drug-likeness (QED) is 0.169. The van der Waals surface area contributed by atoms with E-state index in [1.54, 1.807) is 49.6 Å². The molecule has 0 bridgehead atoms. The van der Waals surface area contributed by atoms with Gasteiger partial charge in [0.05, 0.1) is 18.9 Å². The van der Waals surface area contributed by atoms with Crippen molar-refractivity contribution in [2.24, 2.45) is 5.10 Å². The lowest BCUT2D eigenvalue weighted by Gasteiger charge is -2.09. The molecule has 0 amide bonds. The molecule has 3 aromatic carbocycles. The maximum atomic E-state index is 12.3. The number of hydrogen-bond acceptors (Lipinski definition) is 5. The average molecular weight is 484 g/mol. The number of esters is 1. The minimum Gasteiger partial charge on any atom is -0.497 e. The third kappa shape index (κ3) is 6.13. The second-order valence-electron chi connectivity index (χ2n) is 5.99. The van der Waals surface area contributed by atoms with Crippen LogP contribution in [0.4, 0.5) is 5.69 Å². The summed E-state index contributed by atoms with van der Waals surface area (Å²) in [5.41, 5.74) is 4.61. The number of carbonyl (C=O) groups is 1. The fourth-order valence-electron chi connectivity index (χ4n) is 2.44. The summed E-state index contributed by atoms with van der Waals surface area (Å²) in [6, 6.07) is 21.4. The van der Waals surface area contributed by atoms with Crippen LogP contribution in [0.15, 0.2) is 82.4 Å². The van der Waals surface area contributed by atoms with Gasteiger partial charge >= 0.3 is 5.97 Å². The molecule has 6 nitrogen and oxygen atoms in total. The van der Waals surface area contributed by atoms with Crippen LogP contribution in [0.25, 0.3) is 0 Å². The molecule has 0 spiro atoms. The highest BCUT2D eigenvalue weighted by Gasteiger charge is 2.11. The topological polar surface area (TPSA) is 71.9 Å². The van der Waals surface area contributed by atoms with Crippen molar-refractivity contribution in [2.45, 2.75) is 0 Å². The first-order chi connectivity index (χ1) is 14.5. The number of halogens is 1. The van der Waals surface area contributed by atoms with E-state index in [9.17, 15) is 4.79 Å². The van der Waals surface area contributed by atoms with Crippen LogP contribution in [-0.2, 0) is 0 Å². The SMILES string of the molecule is COc1ccc(NC(=S)NN=Cc2cc(Br)ccc2OC(=O)c2ccccc2)cc1. The van der Waals surface area contributed by atoms with Crippen LogP contribution in [-0.4, -0.2) is 24.4 Å². The number of hydrogen-bond donors (Lipinski definition) is 2. The Bertz CT molecular complexity index is 1060. The molecular formula is C22H18BrN3O3S. The Balaban J connectivity index is 1.64. The van der Waals surface area contributed by atoms with Gasteiger partial charge < -0.3 is 14.8 Å². The van der Waals surface area contributed by atoms with Crippen LogP contribution in [0, 0.1) is 0 Å². The Morgan fingerprint density at radius 1 is 1.07 bits per heavy atom. The molecule has 0 aliphatic rings. The molecule has 0 aliphatic heterocycles. The van der Waals surface area contributed by atoms with E-state index in [2.05, 4.69) is 31.8 Å². The van der Waals surface area contributed by atoms with Crippen molar-refractivity contribution in [2.75, 3.05) is 12.4 Å². The largest absolute Gasteiger partial charge is 0.497 e. The monoisotopic (exact) mass is 483 g/mol. The smallest absolute Gasteiger partial charge is 0.343 e. The van der Waals surface area contributed by atoms with Gasteiger partial charge in [0.1, 0.15) is 11.5 Å². The van der Waals surface area contributed by atoms with Crippen molar-refractivity contribution < 1.29 is 14.3 Å². The number of benzene rings is 3. The van der Waals surface area contributed by atoms with E-state index in [4.69, 9.17) is 21.7 Å². The standard InChI is InChI=1S/C22H18BrN3O3S/c1-28-19-10-8-18(9-11-19)25-22(30)26-24-14-16-13-17(23)7-12-20(16)29-21(27)15-5-3-2-4-6-15/h2-14H,1H3,(H2,25,26,30). The van der Waals surface area contributed by atoms with E-state index in [0.717, 1.165) is 15.9 Å². The molecule has 3 rings (SSSR count). The van der Waals surface area contributed by atoms with Gasteiger partial charge in [-0.1, -0.05) is 34.1 Å². The highest BCUT2D eigenvalue weighted by molar-refractivity contribution is 9.10. The number of methoxy groups -OCH3 is 1. The molecule has 2 N–H and O–H groups in total. The second-order valence-corrected chi connectivity index (χ2v) is 7.31. The molecule has 8 heteroatoms. The summed E-state index contributed by atoms with van der Waals surface area (Å²) in [7, 11) is 1.61. The summed E-state index contributed by atoms with van der Waals surface area (Å²) in [5, 5.41) is 7.47. The summed E-state index contributed by atoms with van der Waals surface area (Å²) in [4.78, 5) is 12.3. The molecule has 0 aromatic heterocycles. The predicted octanol–water partition coefficient (Wildman–Crippen LogP) is 5.00. The Morgan fingerprint density at radius 2 is 1.80 bits per heavy atom. The summed E-state index contributed by atoms with van der Waals surface area (Å²) in [6.45, 7) is 0. The first-order valence-electron chi connectivity index (χ1n) is 8.86. The van der Waals surface area contributed by atoms with Crippen molar-refractivity contribution in [3.63, 3.8) is 0 Å². The molecule has 0 unspecified atom stereocenters. The van der Waals surface area contributed by atoms with Crippen LogP contribution >= 0.6 is 28.1 Å². The summed E-state index contributed by atoms with van der Waals surface area (Å²) < 4.78 is 11.5. The van der Waals surface area contributed by atoms with Gasteiger partial charge in [-0.2, -0.15) is 5.10 Å². The third-order valence-electron chi connectivity index (χ3n) is 3.90. The highest BCUT2D eigenvalue weighted by Crippen LogP contribution is 2.23. The van der Waals surface area contributed by atoms with E-state index < -0.39 is 5.97 Å². The lowest BCUT2D eigenvalue weighted by Crippen LogP contribution is -2.23. The van der Waals surface area contributed by atoms with Crippen LogP contribution < -0.4 is 20.2 Å². The van der Waals surface area contributed by atoms with E-state index in [0.29, 0.717) is 22.0 Å². The highest BCUT2D eigenvalue weighted by atomic mass is 79.9. The average Bonchev–Trinajstić information content (AvgIpc) is 2.76. The van der Waals surface area contributed by atoms with Gasteiger partial charge in [-0.15, -0.1) is 0 Å². The fourth-order valence-corrected chi connectivity index (χ4v) is 2.99. The number of nitrogens with zero attached hydrogens (tertiary/aromatic N) is 1. The molecule has 0 radical (unpaired) electrons. The zero-order valence-corrected chi connectivity index (χ0v) is 18.4. The van der Waals surface area contributed by atoms with Crippen molar-refractivity contribution in [3.8, 4) is 11.5 Å². The van der Waals surface area contributed by atoms with Gasteiger partial charge in [0.2, 0.25) is 0 Å². The van der Waals surface area contributed by atoms with Crippen molar-refractivity contribution in [1.82, 2.24) is 5.43 Å². The molecule has 30 heavy (non-hydrogen) atoms. The van der Waals surface area contributed by atoms with Crippen LogP contribution in [0.5, 0.6) is 11.5 Å². The molecule has 152 valence electrons. The van der Waals surface area contributed by atoms with Gasteiger partial charge in [0, 0.05) is 15.7 Å². The fraction of sp³-hybridized carbons (Fsp3) is 0.0455. The van der Waals surface area contributed by atoms with Gasteiger partial charge in [-0.05, 0) is 66.8 Å². The van der Waals surface area contributed by atoms with Gasteiger partial charge in [-0.3, -0.25) is 5.43 Å². The van der Waals surface area contributed by atoms with Gasteiger partial charge in [0.25, 0.3) is 0 Å². The lowest BCUT2D eigenvalue weighted by atomic mass is 10.2. The van der Waals surface area contributed by atoms with Crippen LogP contribution in [0.3, 0.4) is 0 Å². The molecular weight excluding hydrogens is 466 g/mol. The molecule has 3 aromatic rings. The minimum absolute atomic E-state index is 0.314. The number of ether oxygens (including phenoxy) is 2. The summed E-state index contributed by atoms with van der Waals surface area (Å²) >= 11 is 8.66. The minimum atomic E-state index is -0.447. The van der Waals surface area contributed by atoms with Crippen LogP contribution in [0.1, 0.15) is 15.9 Å². The molecule has 0 fully saturated rings. The number of nitrogens with one attached hydrogen (secondary N) is 2. The number of rotatable bonds is 6. The lowest BCUT2D eigenvalue weighted by molar-refractivity contribution is 0.0734. The molecule has 0 atom stereocenters. The first-order valence-corrected chi connectivity index (χ1v) is 10.1. The Morgan fingerprint density at radius 3 is 2.50 bits per heavy atom. The zero-order chi connectivity index (χ0) is 21.3. The Labute approximate surface area is 188 Å². The van der Waals surface area contributed by atoms with Gasteiger partial charge in [0.15, 0.2) is 5.11 Å². The van der Waals surface area contributed by atoms with E-state index >= 15 is 0 Å². The molecule has 0 heterocycles.